The molecule has 0 bridgehead atoms. The Balaban J connectivity index is 2.19. The van der Waals surface area contributed by atoms with Crippen LogP contribution < -0.4 is 10.1 Å². The molecule has 4 N–H and O–H groups in total. The van der Waals surface area contributed by atoms with Crippen LogP contribution in [-0.2, 0) is 9.53 Å². The van der Waals surface area contributed by atoms with E-state index in [1.54, 1.807) is 24.3 Å². The largest absolute Gasteiger partial charge is 0.463 e. The SMILES string of the molecule is CC(=O)N[C@@H]1[C@H](Oc2ccc(C(C)=O)cc2)O[C@H](CO)[C@@H](O)[C@@H]1O. The predicted octanol–water partition coefficient (Wildman–Crippen LogP) is -0.788. The molecule has 1 aliphatic heterocycles. The van der Waals surface area contributed by atoms with E-state index in [-0.39, 0.29) is 5.78 Å². The molecule has 1 fully saturated rings. The summed E-state index contributed by atoms with van der Waals surface area (Å²) >= 11 is 0. The van der Waals surface area contributed by atoms with Gasteiger partial charge < -0.3 is 30.1 Å². The molecule has 0 unspecified atom stereocenters. The summed E-state index contributed by atoms with van der Waals surface area (Å²) < 4.78 is 11.1. The number of amides is 1. The lowest BCUT2D eigenvalue weighted by Crippen LogP contribution is -2.65. The van der Waals surface area contributed by atoms with Gasteiger partial charge in [-0.15, -0.1) is 0 Å². The van der Waals surface area contributed by atoms with Gasteiger partial charge in [0.05, 0.1) is 6.61 Å². The topological polar surface area (TPSA) is 125 Å². The van der Waals surface area contributed by atoms with Gasteiger partial charge in [0, 0.05) is 12.5 Å². The van der Waals surface area contributed by atoms with Crippen molar-refractivity contribution in [3.05, 3.63) is 29.8 Å². The Morgan fingerprint density at radius 1 is 1.17 bits per heavy atom. The van der Waals surface area contributed by atoms with Crippen LogP contribution in [0, 0.1) is 0 Å². The van der Waals surface area contributed by atoms with Crippen molar-refractivity contribution < 1.29 is 34.4 Å². The average Bonchev–Trinajstić information content (AvgIpc) is 2.54. The minimum absolute atomic E-state index is 0.0921. The van der Waals surface area contributed by atoms with Gasteiger partial charge in [0.2, 0.25) is 12.2 Å². The molecular formula is C16H21NO7. The van der Waals surface area contributed by atoms with E-state index in [0.29, 0.717) is 11.3 Å². The summed E-state index contributed by atoms with van der Waals surface area (Å²) in [6, 6.07) is 5.23. The van der Waals surface area contributed by atoms with Gasteiger partial charge in [-0.1, -0.05) is 0 Å². The molecule has 2 rings (SSSR count). The maximum atomic E-state index is 11.3. The minimum atomic E-state index is -1.37. The fourth-order valence-electron chi connectivity index (χ4n) is 2.47. The highest BCUT2D eigenvalue weighted by atomic mass is 16.7. The lowest BCUT2D eigenvalue weighted by molar-refractivity contribution is -0.244. The van der Waals surface area contributed by atoms with Crippen LogP contribution in [0.25, 0.3) is 0 Å². The van der Waals surface area contributed by atoms with Gasteiger partial charge in [0.1, 0.15) is 30.1 Å². The molecule has 132 valence electrons. The Morgan fingerprint density at radius 2 is 1.79 bits per heavy atom. The molecule has 0 radical (unpaired) electrons. The van der Waals surface area contributed by atoms with Gasteiger partial charge in [-0.2, -0.15) is 0 Å². The highest BCUT2D eigenvalue weighted by Gasteiger charge is 2.46. The van der Waals surface area contributed by atoms with Crippen molar-refractivity contribution in [3.8, 4) is 5.75 Å². The monoisotopic (exact) mass is 339 g/mol. The van der Waals surface area contributed by atoms with Crippen molar-refractivity contribution in [1.82, 2.24) is 5.32 Å². The second-order valence-corrected chi connectivity index (χ2v) is 5.63. The molecule has 1 aromatic rings. The van der Waals surface area contributed by atoms with Crippen LogP contribution in [0.15, 0.2) is 24.3 Å². The summed E-state index contributed by atoms with van der Waals surface area (Å²) in [5.74, 6) is -0.177. The fraction of sp³-hybridized carbons (Fsp3) is 0.500. The molecule has 0 aliphatic carbocycles. The van der Waals surface area contributed by atoms with Crippen LogP contribution in [0.3, 0.4) is 0 Å². The van der Waals surface area contributed by atoms with Crippen LogP contribution in [0.2, 0.25) is 0 Å². The van der Waals surface area contributed by atoms with E-state index in [9.17, 15) is 24.9 Å². The molecule has 1 saturated heterocycles. The summed E-state index contributed by atoms with van der Waals surface area (Å²) in [6.45, 7) is 2.18. The lowest BCUT2D eigenvalue weighted by Gasteiger charge is -2.42. The van der Waals surface area contributed by atoms with Gasteiger partial charge in [-0.3, -0.25) is 9.59 Å². The van der Waals surface area contributed by atoms with Crippen LogP contribution >= 0.6 is 0 Å². The molecule has 0 spiro atoms. The van der Waals surface area contributed by atoms with Gasteiger partial charge in [0.15, 0.2) is 5.78 Å². The van der Waals surface area contributed by atoms with Gasteiger partial charge in [-0.05, 0) is 31.2 Å². The van der Waals surface area contributed by atoms with Crippen LogP contribution in [0.1, 0.15) is 24.2 Å². The Hall–Kier alpha value is -2.00. The molecule has 1 aliphatic rings. The molecular weight excluding hydrogens is 318 g/mol. The number of benzene rings is 1. The molecule has 0 saturated carbocycles. The van der Waals surface area contributed by atoms with E-state index >= 15 is 0 Å². The second-order valence-electron chi connectivity index (χ2n) is 5.63. The first-order valence-electron chi connectivity index (χ1n) is 7.50. The smallest absolute Gasteiger partial charge is 0.223 e. The summed E-state index contributed by atoms with van der Waals surface area (Å²) in [6.07, 6.45) is -4.91. The van der Waals surface area contributed by atoms with Crippen molar-refractivity contribution in [1.29, 1.82) is 0 Å². The Bertz CT molecular complexity index is 589. The quantitative estimate of drug-likeness (QED) is 0.518. The van der Waals surface area contributed by atoms with Crippen molar-refractivity contribution in [2.75, 3.05) is 6.61 Å². The van der Waals surface area contributed by atoms with Crippen molar-refractivity contribution >= 4 is 11.7 Å². The zero-order valence-corrected chi connectivity index (χ0v) is 13.4. The number of rotatable bonds is 5. The number of Topliss-reactive ketones (excluding diaryl/α,β-unsaturated/α-hetero) is 1. The molecule has 24 heavy (non-hydrogen) atoms. The Morgan fingerprint density at radius 3 is 2.29 bits per heavy atom. The van der Waals surface area contributed by atoms with Gasteiger partial charge in [-0.25, -0.2) is 0 Å². The van der Waals surface area contributed by atoms with E-state index < -0.39 is 43.2 Å². The Kier molecular flexibility index (Phi) is 5.89. The Labute approximate surface area is 139 Å². The number of aliphatic hydroxyl groups excluding tert-OH is 3. The van der Waals surface area contributed by atoms with Crippen molar-refractivity contribution in [2.45, 2.75) is 44.5 Å². The highest BCUT2D eigenvalue weighted by Crippen LogP contribution is 2.24. The number of hydrogen-bond donors (Lipinski definition) is 4. The minimum Gasteiger partial charge on any atom is -0.463 e. The summed E-state index contributed by atoms with van der Waals surface area (Å²) in [5.41, 5.74) is 0.508. The molecule has 1 aromatic carbocycles. The number of ketones is 1. The first-order valence-corrected chi connectivity index (χ1v) is 7.50. The van der Waals surface area contributed by atoms with E-state index in [0.717, 1.165) is 0 Å². The van der Waals surface area contributed by atoms with E-state index in [2.05, 4.69) is 5.32 Å². The van der Waals surface area contributed by atoms with Gasteiger partial charge in [0.25, 0.3) is 0 Å². The molecule has 8 heteroatoms. The number of carbonyl (C=O) groups excluding carboxylic acids is 2. The third-order valence-corrected chi connectivity index (χ3v) is 3.76. The normalized spacial score (nSPS) is 29.8. The van der Waals surface area contributed by atoms with E-state index in [4.69, 9.17) is 9.47 Å². The zero-order chi connectivity index (χ0) is 17.9. The molecule has 8 nitrogen and oxygen atoms in total. The zero-order valence-electron chi connectivity index (χ0n) is 13.4. The van der Waals surface area contributed by atoms with Crippen LogP contribution in [0.4, 0.5) is 0 Å². The average molecular weight is 339 g/mol. The van der Waals surface area contributed by atoms with E-state index in [1.165, 1.54) is 13.8 Å². The highest BCUT2D eigenvalue weighted by molar-refractivity contribution is 5.94. The first kappa shape index (κ1) is 18.3. The van der Waals surface area contributed by atoms with E-state index in [1.807, 2.05) is 0 Å². The fourth-order valence-corrected chi connectivity index (χ4v) is 2.47. The first-order chi connectivity index (χ1) is 11.3. The maximum Gasteiger partial charge on any atom is 0.223 e. The third-order valence-electron chi connectivity index (χ3n) is 3.76. The molecule has 0 aromatic heterocycles. The number of nitrogens with one attached hydrogen (secondary N) is 1. The number of ether oxygens (including phenoxy) is 2. The van der Waals surface area contributed by atoms with Crippen LogP contribution in [-0.4, -0.2) is 64.3 Å². The summed E-state index contributed by atoms with van der Waals surface area (Å²) in [5, 5.41) is 31.8. The van der Waals surface area contributed by atoms with Crippen molar-refractivity contribution in [2.24, 2.45) is 0 Å². The summed E-state index contributed by atoms with van der Waals surface area (Å²) in [7, 11) is 0. The maximum absolute atomic E-state index is 11.3. The lowest BCUT2D eigenvalue weighted by atomic mass is 9.97. The number of aliphatic hydroxyl groups is 3. The number of hydrogen-bond acceptors (Lipinski definition) is 7. The number of carbonyl (C=O) groups is 2. The molecule has 1 heterocycles. The molecule has 5 atom stereocenters. The molecule has 1 amide bonds. The van der Waals surface area contributed by atoms with Gasteiger partial charge >= 0.3 is 0 Å². The van der Waals surface area contributed by atoms with Crippen molar-refractivity contribution in [3.63, 3.8) is 0 Å². The third kappa shape index (κ3) is 4.09. The standard InChI is InChI=1S/C16H21NO7/c1-8(19)10-3-5-11(6-4-10)23-16-13(17-9(2)20)15(22)14(21)12(7-18)24-16/h3-6,12-16,18,21-22H,7H2,1-2H3,(H,17,20)/t12-,13+,14-,15-,16-/m1/s1. The second kappa shape index (κ2) is 7.71. The predicted molar refractivity (Wildman–Crippen MR) is 82.4 cm³/mol. The van der Waals surface area contributed by atoms with Crippen LogP contribution in [0.5, 0.6) is 5.75 Å². The summed E-state index contributed by atoms with van der Waals surface area (Å²) in [4.78, 5) is 22.6.